The maximum atomic E-state index is 9.47. The Balaban J connectivity index is 2.20. The van der Waals surface area contributed by atoms with Gasteiger partial charge in [-0.2, -0.15) is 0 Å². The van der Waals surface area contributed by atoms with Crippen molar-refractivity contribution in [3.63, 3.8) is 0 Å². The Labute approximate surface area is 119 Å². The van der Waals surface area contributed by atoms with Crippen LogP contribution in [0.3, 0.4) is 0 Å². The predicted molar refractivity (Wildman–Crippen MR) is 82.5 cm³/mol. The minimum atomic E-state index is -0.0861. The maximum absolute atomic E-state index is 9.47. The predicted octanol–water partition coefficient (Wildman–Crippen LogP) is 2.64. The zero-order valence-electron chi connectivity index (χ0n) is 13.4. The van der Waals surface area contributed by atoms with E-state index in [1.807, 2.05) is 0 Å². The third-order valence-corrected chi connectivity index (χ3v) is 4.04. The average Bonchev–Trinajstić information content (AvgIpc) is 3.17. The first kappa shape index (κ1) is 16.9. The summed E-state index contributed by atoms with van der Waals surface area (Å²) in [6.45, 7) is 12.5. The number of unbranched alkanes of at least 4 members (excludes halogenated alkanes) is 1. The molecule has 1 atom stereocenters. The zero-order chi connectivity index (χ0) is 14.3. The highest BCUT2D eigenvalue weighted by Crippen LogP contribution is 2.28. The van der Waals surface area contributed by atoms with Crippen molar-refractivity contribution in [1.29, 1.82) is 0 Å². The molecule has 3 heteroatoms. The van der Waals surface area contributed by atoms with Crippen LogP contribution in [0.15, 0.2) is 0 Å². The van der Waals surface area contributed by atoms with Gasteiger partial charge in [-0.1, -0.05) is 27.2 Å². The smallest absolute Gasteiger partial charge is 0.0610 e. The monoisotopic (exact) mass is 270 g/mol. The molecule has 1 unspecified atom stereocenters. The number of nitrogens with zero attached hydrogens (tertiary/aromatic N) is 1. The molecule has 0 radical (unpaired) electrons. The van der Waals surface area contributed by atoms with Crippen molar-refractivity contribution in [1.82, 2.24) is 10.2 Å². The highest BCUT2D eigenvalue weighted by Gasteiger charge is 2.29. The van der Waals surface area contributed by atoms with E-state index in [9.17, 15) is 5.11 Å². The standard InChI is InChI=1S/C16H34N2O/c1-5-17-16(4,13-19)10-6-7-11-18(12-14(2)3)15-8-9-15/h14-15,17,19H,5-13H2,1-4H3. The molecule has 0 aromatic rings. The normalized spacial score (nSPS) is 19.1. The summed E-state index contributed by atoms with van der Waals surface area (Å²) in [5, 5.41) is 12.9. The van der Waals surface area contributed by atoms with E-state index in [1.54, 1.807) is 0 Å². The molecule has 3 nitrogen and oxygen atoms in total. The van der Waals surface area contributed by atoms with Gasteiger partial charge in [-0.15, -0.1) is 0 Å². The molecular formula is C16H34N2O. The van der Waals surface area contributed by atoms with E-state index in [0.717, 1.165) is 24.9 Å². The summed E-state index contributed by atoms with van der Waals surface area (Å²) in [6, 6.07) is 0.875. The van der Waals surface area contributed by atoms with Crippen LogP contribution < -0.4 is 5.32 Å². The summed E-state index contributed by atoms with van der Waals surface area (Å²) in [5.74, 6) is 0.769. The van der Waals surface area contributed by atoms with Crippen LogP contribution in [0.25, 0.3) is 0 Å². The summed E-state index contributed by atoms with van der Waals surface area (Å²) < 4.78 is 0. The number of hydrogen-bond acceptors (Lipinski definition) is 3. The van der Waals surface area contributed by atoms with Gasteiger partial charge in [0.15, 0.2) is 0 Å². The third-order valence-electron chi connectivity index (χ3n) is 4.04. The van der Waals surface area contributed by atoms with E-state index < -0.39 is 0 Å². The van der Waals surface area contributed by atoms with Crippen molar-refractivity contribution in [2.45, 2.75) is 71.4 Å². The van der Waals surface area contributed by atoms with Gasteiger partial charge in [-0.3, -0.25) is 0 Å². The van der Waals surface area contributed by atoms with E-state index in [4.69, 9.17) is 0 Å². The van der Waals surface area contributed by atoms with Crippen LogP contribution in [0.2, 0.25) is 0 Å². The van der Waals surface area contributed by atoms with Crippen molar-refractivity contribution in [2.75, 3.05) is 26.2 Å². The topological polar surface area (TPSA) is 35.5 Å². The lowest BCUT2D eigenvalue weighted by Crippen LogP contribution is -2.45. The lowest BCUT2D eigenvalue weighted by molar-refractivity contribution is 0.161. The minimum Gasteiger partial charge on any atom is -0.394 e. The summed E-state index contributed by atoms with van der Waals surface area (Å²) in [5.41, 5.74) is -0.0861. The van der Waals surface area contributed by atoms with E-state index >= 15 is 0 Å². The Kier molecular flexibility index (Phi) is 7.33. The van der Waals surface area contributed by atoms with Crippen molar-refractivity contribution >= 4 is 0 Å². The summed E-state index contributed by atoms with van der Waals surface area (Å²) in [6.07, 6.45) is 6.32. The molecule has 0 bridgehead atoms. The van der Waals surface area contributed by atoms with Crippen LogP contribution >= 0.6 is 0 Å². The quantitative estimate of drug-likeness (QED) is 0.567. The molecule has 0 heterocycles. The average molecular weight is 270 g/mol. The van der Waals surface area contributed by atoms with Crippen molar-refractivity contribution in [3.05, 3.63) is 0 Å². The molecule has 0 saturated heterocycles. The molecule has 114 valence electrons. The van der Waals surface area contributed by atoms with E-state index in [2.05, 4.69) is 37.9 Å². The highest BCUT2D eigenvalue weighted by atomic mass is 16.3. The summed E-state index contributed by atoms with van der Waals surface area (Å²) in [7, 11) is 0. The molecular weight excluding hydrogens is 236 g/mol. The molecule has 0 amide bonds. The van der Waals surface area contributed by atoms with Gasteiger partial charge < -0.3 is 15.3 Å². The van der Waals surface area contributed by atoms with Crippen molar-refractivity contribution in [2.24, 2.45) is 5.92 Å². The Morgan fingerprint density at radius 1 is 1.32 bits per heavy atom. The molecule has 0 aromatic heterocycles. The molecule has 0 aromatic carbocycles. The molecule has 19 heavy (non-hydrogen) atoms. The summed E-state index contributed by atoms with van der Waals surface area (Å²) >= 11 is 0. The van der Waals surface area contributed by atoms with Gasteiger partial charge in [0.1, 0.15) is 0 Å². The van der Waals surface area contributed by atoms with Gasteiger partial charge in [0.2, 0.25) is 0 Å². The number of nitrogens with one attached hydrogen (secondary N) is 1. The fourth-order valence-corrected chi connectivity index (χ4v) is 2.81. The molecule has 1 aliphatic carbocycles. The molecule has 1 aliphatic rings. The first-order valence-electron chi connectivity index (χ1n) is 8.10. The highest BCUT2D eigenvalue weighted by molar-refractivity contribution is 4.85. The van der Waals surface area contributed by atoms with Crippen LogP contribution in [0.4, 0.5) is 0 Å². The van der Waals surface area contributed by atoms with Gasteiger partial charge in [0.05, 0.1) is 6.61 Å². The fraction of sp³-hybridized carbons (Fsp3) is 1.00. The van der Waals surface area contributed by atoms with E-state index in [1.165, 1.54) is 38.8 Å². The molecule has 1 rings (SSSR count). The number of aliphatic hydroxyl groups excluding tert-OH is 1. The van der Waals surface area contributed by atoms with Crippen LogP contribution in [0.5, 0.6) is 0 Å². The maximum Gasteiger partial charge on any atom is 0.0610 e. The van der Waals surface area contributed by atoms with E-state index in [0.29, 0.717) is 0 Å². The SMILES string of the molecule is CCNC(C)(CO)CCCCN(CC(C)C)C1CC1. The van der Waals surface area contributed by atoms with Crippen LogP contribution in [0, 0.1) is 5.92 Å². The first-order valence-corrected chi connectivity index (χ1v) is 8.10. The fourth-order valence-electron chi connectivity index (χ4n) is 2.81. The Morgan fingerprint density at radius 3 is 2.47 bits per heavy atom. The zero-order valence-corrected chi connectivity index (χ0v) is 13.4. The molecule has 1 fully saturated rings. The Morgan fingerprint density at radius 2 is 2.00 bits per heavy atom. The lowest BCUT2D eigenvalue weighted by Gasteiger charge is -2.29. The van der Waals surface area contributed by atoms with Crippen molar-refractivity contribution < 1.29 is 5.11 Å². The molecule has 1 saturated carbocycles. The van der Waals surface area contributed by atoms with Crippen molar-refractivity contribution in [3.8, 4) is 0 Å². The van der Waals surface area contributed by atoms with Gasteiger partial charge in [-0.05, 0) is 51.6 Å². The van der Waals surface area contributed by atoms with Gasteiger partial charge >= 0.3 is 0 Å². The van der Waals surface area contributed by atoms with Crippen LogP contribution in [0.1, 0.15) is 59.8 Å². The van der Waals surface area contributed by atoms with Gasteiger partial charge in [-0.25, -0.2) is 0 Å². The molecule has 0 aliphatic heterocycles. The van der Waals surface area contributed by atoms with Gasteiger partial charge in [0.25, 0.3) is 0 Å². The molecule has 0 spiro atoms. The largest absolute Gasteiger partial charge is 0.394 e. The number of aliphatic hydroxyl groups is 1. The Bertz CT molecular complexity index is 241. The third kappa shape index (κ3) is 6.73. The number of rotatable bonds is 11. The number of likely N-dealkylation sites (N-methyl/N-ethyl adjacent to an activating group) is 1. The second-order valence-electron chi connectivity index (χ2n) is 6.83. The minimum absolute atomic E-state index is 0.0861. The van der Waals surface area contributed by atoms with Gasteiger partial charge in [0, 0.05) is 18.1 Å². The lowest BCUT2D eigenvalue weighted by atomic mass is 9.95. The molecule has 2 N–H and O–H groups in total. The second kappa shape index (κ2) is 8.23. The van der Waals surface area contributed by atoms with E-state index in [-0.39, 0.29) is 12.1 Å². The Hall–Kier alpha value is -0.120. The van der Waals surface area contributed by atoms with Crippen LogP contribution in [-0.2, 0) is 0 Å². The second-order valence-corrected chi connectivity index (χ2v) is 6.83. The first-order chi connectivity index (χ1) is 9.00. The van der Waals surface area contributed by atoms with Crippen LogP contribution in [-0.4, -0.2) is 47.8 Å². The number of hydrogen-bond donors (Lipinski definition) is 2. The summed E-state index contributed by atoms with van der Waals surface area (Å²) in [4.78, 5) is 2.67.